The van der Waals surface area contributed by atoms with Crippen molar-refractivity contribution in [2.75, 3.05) is 25.0 Å². The van der Waals surface area contributed by atoms with Crippen LogP contribution in [0.3, 0.4) is 0 Å². The average molecular weight is 359 g/mol. The molecule has 1 aromatic rings. The van der Waals surface area contributed by atoms with Gasteiger partial charge in [-0.1, -0.05) is 18.9 Å². The number of nitrogens with one attached hydrogen (secondary N) is 1. The molecule has 142 valence electrons. The first kappa shape index (κ1) is 18.7. The van der Waals surface area contributed by atoms with Gasteiger partial charge in [0, 0.05) is 26.1 Å². The Morgan fingerprint density at radius 3 is 2.81 bits per heavy atom. The molecule has 26 heavy (non-hydrogen) atoms. The Balaban J connectivity index is 1.41. The van der Waals surface area contributed by atoms with Gasteiger partial charge in [0.1, 0.15) is 5.82 Å². The first-order valence-electron chi connectivity index (χ1n) is 9.84. The SMILES string of the molecule is O=C(O)CCCCC1CCN(C(=O)Cc2ccc3c(n2)NCCC3)CC1. The van der Waals surface area contributed by atoms with E-state index in [9.17, 15) is 9.59 Å². The number of hydrogen-bond donors (Lipinski definition) is 2. The van der Waals surface area contributed by atoms with Gasteiger partial charge in [-0.25, -0.2) is 4.98 Å². The normalized spacial score (nSPS) is 17.5. The van der Waals surface area contributed by atoms with Gasteiger partial charge in [-0.15, -0.1) is 0 Å². The number of aryl methyl sites for hydroxylation is 1. The van der Waals surface area contributed by atoms with E-state index in [-0.39, 0.29) is 12.3 Å². The third-order valence-electron chi connectivity index (χ3n) is 5.50. The van der Waals surface area contributed by atoms with Gasteiger partial charge in [-0.3, -0.25) is 9.59 Å². The molecule has 2 N–H and O–H groups in total. The van der Waals surface area contributed by atoms with Crippen LogP contribution in [0.1, 0.15) is 56.2 Å². The fourth-order valence-electron chi connectivity index (χ4n) is 3.91. The molecule has 0 spiro atoms. The summed E-state index contributed by atoms with van der Waals surface area (Å²) in [7, 11) is 0. The third-order valence-corrected chi connectivity index (χ3v) is 5.50. The van der Waals surface area contributed by atoms with Gasteiger partial charge < -0.3 is 15.3 Å². The topological polar surface area (TPSA) is 82.5 Å². The maximum absolute atomic E-state index is 12.6. The van der Waals surface area contributed by atoms with E-state index in [0.717, 1.165) is 76.1 Å². The fourth-order valence-corrected chi connectivity index (χ4v) is 3.91. The van der Waals surface area contributed by atoms with Crippen LogP contribution in [0.15, 0.2) is 12.1 Å². The smallest absolute Gasteiger partial charge is 0.303 e. The number of carboxylic acids is 1. The summed E-state index contributed by atoms with van der Waals surface area (Å²) in [6.45, 7) is 2.58. The standard InChI is InChI=1S/C20H29N3O3/c24-18(14-17-8-7-16-5-3-11-21-20(16)22-17)23-12-9-15(10-13-23)4-1-2-6-19(25)26/h7-8,15H,1-6,9-14H2,(H,21,22)(H,25,26). The van der Waals surface area contributed by atoms with E-state index >= 15 is 0 Å². The van der Waals surface area contributed by atoms with Crippen LogP contribution in [0.4, 0.5) is 5.82 Å². The quantitative estimate of drug-likeness (QED) is 0.732. The molecule has 1 saturated heterocycles. The lowest BCUT2D eigenvalue weighted by Gasteiger charge is -2.32. The number of nitrogens with zero attached hydrogens (tertiary/aromatic N) is 2. The van der Waals surface area contributed by atoms with E-state index in [4.69, 9.17) is 5.11 Å². The number of carbonyl (C=O) groups excluding carboxylic acids is 1. The zero-order valence-corrected chi connectivity index (χ0v) is 15.4. The highest BCUT2D eigenvalue weighted by Crippen LogP contribution is 2.24. The highest BCUT2D eigenvalue weighted by molar-refractivity contribution is 5.78. The molecule has 0 bridgehead atoms. The van der Waals surface area contributed by atoms with Gasteiger partial charge >= 0.3 is 5.97 Å². The molecule has 0 unspecified atom stereocenters. The van der Waals surface area contributed by atoms with Crippen LogP contribution < -0.4 is 5.32 Å². The third kappa shape index (κ3) is 5.19. The van der Waals surface area contributed by atoms with E-state index in [1.165, 1.54) is 5.56 Å². The van der Waals surface area contributed by atoms with Crippen molar-refractivity contribution in [2.24, 2.45) is 5.92 Å². The van der Waals surface area contributed by atoms with Crippen LogP contribution in [0, 0.1) is 5.92 Å². The van der Waals surface area contributed by atoms with Crippen molar-refractivity contribution in [3.05, 3.63) is 23.4 Å². The molecule has 0 saturated carbocycles. The molecule has 2 aliphatic rings. The largest absolute Gasteiger partial charge is 0.481 e. The summed E-state index contributed by atoms with van der Waals surface area (Å²) >= 11 is 0. The maximum atomic E-state index is 12.6. The summed E-state index contributed by atoms with van der Waals surface area (Å²) in [4.78, 5) is 29.7. The van der Waals surface area contributed by atoms with Gasteiger partial charge in [-0.2, -0.15) is 0 Å². The lowest BCUT2D eigenvalue weighted by molar-refractivity contribution is -0.137. The molecular weight excluding hydrogens is 330 g/mol. The number of aromatic nitrogens is 1. The zero-order chi connectivity index (χ0) is 18.4. The molecule has 0 aliphatic carbocycles. The van der Waals surface area contributed by atoms with Crippen LogP contribution in [0.2, 0.25) is 0 Å². The maximum Gasteiger partial charge on any atom is 0.303 e. The Labute approximate surface area is 155 Å². The lowest BCUT2D eigenvalue weighted by Crippen LogP contribution is -2.39. The molecule has 0 aromatic carbocycles. The van der Waals surface area contributed by atoms with Crippen molar-refractivity contribution in [3.63, 3.8) is 0 Å². The Bertz CT molecular complexity index is 639. The molecule has 1 amide bonds. The highest BCUT2D eigenvalue weighted by Gasteiger charge is 2.23. The number of anilines is 1. The second kappa shape index (κ2) is 9.01. The molecule has 1 fully saturated rings. The van der Waals surface area contributed by atoms with Crippen LogP contribution in [0.5, 0.6) is 0 Å². The van der Waals surface area contributed by atoms with Crippen molar-refractivity contribution in [2.45, 2.75) is 57.8 Å². The minimum absolute atomic E-state index is 0.164. The number of likely N-dealkylation sites (tertiary alicyclic amines) is 1. The minimum Gasteiger partial charge on any atom is -0.481 e. The predicted octanol–water partition coefficient (Wildman–Crippen LogP) is 2.87. The minimum atomic E-state index is -0.712. The molecule has 6 heteroatoms. The summed E-state index contributed by atoms with van der Waals surface area (Å²) in [6, 6.07) is 4.08. The number of rotatable bonds is 7. The summed E-state index contributed by atoms with van der Waals surface area (Å²) in [6.07, 6.45) is 7.69. The van der Waals surface area contributed by atoms with Crippen LogP contribution in [-0.4, -0.2) is 46.5 Å². The number of carboxylic acid groups (broad SMARTS) is 1. The number of amides is 1. The molecule has 1 aromatic heterocycles. The Kier molecular flexibility index (Phi) is 6.47. The summed E-state index contributed by atoms with van der Waals surface area (Å²) in [5, 5.41) is 12.0. The first-order chi connectivity index (χ1) is 12.6. The summed E-state index contributed by atoms with van der Waals surface area (Å²) in [5.41, 5.74) is 2.09. The van der Waals surface area contributed by atoms with Crippen molar-refractivity contribution < 1.29 is 14.7 Å². The van der Waals surface area contributed by atoms with Gasteiger partial charge in [0.15, 0.2) is 0 Å². The van der Waals surface area contributed by atoms with Crippen LogP contribution >= 0.6 is 0 Å². The second-order valence-corrected chi connectivity index (χ2v) is 7.48. The van der Waals surface area contributed by atoms with Gasteiger partial charge in [0.25, 0.3) is 0 Å². The molecule has 3 heterocycles. The number of carbonyl (C=O) groups is 2. The van der Waals surface area contributed by atoms with Crippen molar-refractivity contribution >= 4 is 17.7 Å². The Morgan fingerprint density at radius 2 is 2.04 bits per heavy atom. The van der Waals surface area contributed by atoms with Crippen molar-refractivity contribution in [1.29, 1.82) is 0 Å². The second-order valence-electron chi connectivity index (χ2n) is 7.48. The zero-order valence-electron chi connectivity index (χ0n) is 15.4. The molecule has 3 rings (SSSR count). The van der Waals surface area contributed by atoms with E-state index in [2.05, 4.69) is 16.4 Å². The molecule has 0 radical (unpaired) electrons. The monoisotopic (exact) mass is 359 g/mol. The number of hydrogen-bond acceptors (Lipinski definition) is 4. The number of unbranched alkanes of at least 4 members (excludes halogenated alkanes) is 1. The molecule has 2 aliphatic heterocycles. The van der Waals surface area contributed by atoms with Gasteiger partial charge in [0.2, 0.25) is 5.91 Å². The van der Waals surface area contributed by atoms with Gasteiger partial charge in [-0.05, 0) is 49.7 Å². The number of fused-ring (bicyclic) bond motifs is 1. The number of aliphatic carboxylic acids is 1. The lowest BCUT2D eigenvalue weighted by atomic mass is 9.91. The first-order valence-corrected chi connectivity index (χ1v) is 9.84. The fraction of sp³-hybridized carbons (Fsp3) is 0.650. The Morgan fingerprint density at radius 1 is 1.23 bits per heavy atom. The summed E-state index contributed by atoms with van der Waals surface area (Å²) in [5.74, 6) is 1.02. The summed E-state index contributed by atoms with van der Waals surface area (Å²) < 4.78 is 0. The van der Waals surface area contributed by atoms with E-state index in [1.54, 1.807) is 0 Å². The van der Waals surface area contributed by atoms with E-state index in [1.807, 2.05) is 11.0 Å². The van der Waals surface area contributed by atoms with Crippen LogP contribution in [-0.2, 0) is 22.4 Å². The Hall–Kier alpha value is -2.11. The molecule has 0 atom stereocenters. The number of pyridine rings is 1. The molecular formula is C20H29N3O3. The average Bonchev–Trinajstić information content (AvgIpc) is 2.65. The van der Waals surface area contributed by atoms with Crippen molar-refractivity contribution in [1.82, 2.24) is 9.88 Å². The van der Waals surface area contributed by atoms with E-state index in [0.29, 0.717) is 12.3 Å². The number of piperidine rings is 1. The molecule has 6 nitrogen and oxygen atoms in total. The predicted molar refractivity (Wildman–Crippen MR) is 100 cm³/mol. The van der Waals surface area contributed by atoms with Crippen molar-refractivity contribution in [3.8, 4) is 0 Å². The van der Waals surface area contributed by atoms with Crippen LogP contribution in [0.25, 0.3) is 0 Å². The highest BCUT2D eigenvalue weighted by atomic mass is 16.4. The van der Waals surface area contributed by atoms with E-state index < -0.39 is 5.97 Å². The van der Waals surface area contributed by atoms with Gasteiger partial charge in [0.05, 0.1) is 12.1 Å².